The zero-order valence-corrected chi connectivity index (χ0v) is 7.93. The van der Waals surface area contributed by atoms with Gasteiger partial charge in [-0.25, -0.2) is 9.18 Å². The van der Waals surface area contributed by atoms with E-state index in [1.165, 1.54) is 0 Å². The zero-order valence-electron chi connectivity index (χ0n) is 6.34. The average molecular weight is 249 g/mol. The third-order valence-corrected chi connectivity index (χ3v) is 2.05. The molecule has 70 valence electrons. The molecule has 0 spiro atoms. The summed E-state index contributed by atoms with van der Waals surface area (Å²) < 4.78 is 13.0. The lowest BCUT2D eigenvalue weighted by Crippen LogP contribution is -2.12. The van der Waals surface area contributed by atoms with Crippen molar-refractivity contribution in [2.24, 2.45) is 5.84 Å². The number of nitrogen functional groups attached to an aromatic ring is 1. The van der Waals surface area contributed by atoms with Gasteiger partial charge >= 0.3 is 5.97 Å². The lowest BCUT2D eigenvalue weighted by Gasteiger charge is -2.05. The molecule has 0 saturated carbocycles. The Bertz CT molecular complexity index is 357. The van der Waals surface area contributed by atoms with E-state index in [1.807, 2.05) is 0 Å². The number of hydrogen-bond donors (Lipinski definition) is 3. The number of hydrogen-bond acceptors (Lipinski definition) is 3. The molecule has 6 heteroatoms. The normalized spacial score (nSPS) is 9.77. The second-order valence-corrected chi connectivity index (χ2v) is 3.12. The molecule has 0 unspecified atom stereocenters. The number of rotatable bonds is 2. The van der Waals surface area contributed by atoms with Gasteiger partial charge in [-0.15, -0.1) is 0 Å². The van der Waals surface area contributed by atoms with Crippen LogP contribution in [0.2, 0.25) is 0 Å². The van der Waals surface area contributed by atoms with Gasteiger partial charge in [0.05, 0.1) is 15.7 Å². The monoisotopic (exact) mass is 248 g/mol. The van der Waals surface area contributed by atoms with Gasteiger partial charge in [-0.05, 0) is 22.0 Å². The molecule has 0 heterocycles. The number of carboxylic acids is 1. The van der Waals surface area contributed by atoms with Crippen molar-refractivity contribution in [1.82, 2.24) is 0 Å². The third-order valence-electron chi connectivity index (χ3n) is 1.45. The van der Waals surface area contributed by atoms with Crippen LogP contribution in [0.1, 0.15) is 10.4 Å². The van der Waals surface area contributed by atoms with Crippen LogP contribution in [0.4, 0.5) is 10.1 Å². The van der Waals surface area contributed by atoms with Crippen LogP contribution in [0, 0.1) is 5.82 Å². The summed E-state index contributed by atoms with van der Waals surface area (Å²) in [7, 11) is 0. The quantitative estimate of drug-likeness (QED) is 0.549. The summed E-state index contributed by atoms with van der Waals surface area (Å²) in [4.78, 5) is 10.6. The Morgan fingerprint density at radius 2 is 2.23 bits per heavy atom. The van der Waals surface area contributed by atoms with Crippen molar-refractivity contribution in [2.45, 2.75) is 0 Å². The molecule has 4 N–H and O–H groups in total. The van der Waals surface area contributed by atoms with E-state index in [9.17, 15) is 9.18 Å². The molecular weight excluding hydrogens is 243 g/mol. The molecule has 0 saturated heterocycles. The summed E-state index contributed by atoms with van der Waals surface area (Å²) in [5.41, 5.74) is 2.05. The Hall–Kier alpha value is -1.14. The number of halogens is 2. The predicted molar refractivity (Wildman–Crippen MR) is 48.9 cm³/mol. The molecule has 1 aromatic carbocycles. The van der Waals surface area contributed by atoms with E-state index >= 15 is 0 Å². The van der Waals surface area contributed by atoms with Crippen LogP contribution in [-0.2, 0) is 0 Å². The first-order valence-corrected chi connectivity index (χ1v) is 4.04. The molecule has 0 aliphatic carbocycles. The molecule has 0 atom stereocenters. The fraction of sp³-hybridized carbons (Fsp3) is 0. The van der Waals surface area contributed by atoms with Gasteiger partial charge in [-0.3, -0.25) is 5.84 Å². The van der Waals surface area contributed by atoms with Gasteiger partial charge in [0, 0.05) is 6.07 Å². The molecule has 0 aromatic heterocycles. The fourth-order valence-electron chi connectivity index (χ4n) is 0.843. The molecule has 0 amide bonds. The van der Waals surface area contributed by atoms with Crippen LogP contribution in [0.3, 0.4) is 0 Å². The van der Waals surface area contributed by atoms with E-state index in [0.717, 1.165) is 12.1 Å². The van der Waals surface area contributed by atoms with Crippen LogP contribution in [0.5, 0.6) is 0 Å². The number of hydrazine groups is 1. The molecule has 0 aliphatic heterocycles. The van der Waals surface area contributed by atoms with Gasteiger partial charge in [-0.1, -0.05) is 0 Å². The Morgan fingerprint density at radius 1 is 1.62 bits per heavy atom. The van der Waals surface area contributed by atoms with E-state index in [4.69, 9.17) is 10.9 Å². The lowest BCUT2D eigenvalue weighted by atomic mass is 10.2. The highest BCUT2D eigenvalue weighted by molar-refractivity contribution is 9.10. The fourth-order valence-corrected chi connectivity index (χ4v) is 1.19. The van der Waals surface area contributed by atoms with E-state index < -0.39 is 11.8 Å². The molecule has 13 heavy (non-hydrogen) atoms. The van der Waals surface area contributed by atoms with E-state index in [2.05, 4.69) is 21.4 Å². The van der Waals surface area contributed by atoms with E-state index in [0.29, 0.717) is 0 Å². The van der Waals surface area contributed by atoms with Crippen LogP contribution >= 0.6 is 15.9 Å². The highest BCUT2D eigenvalue weighted by Gasteiger charge is 2.12. The van der Waals surface area contributed by atoms with Crippen LogP contribution in [-0.4, -0.2) is 11.1 Å². The molecule has 0 bridgehead atoms. The Balaban J connectivity index is 3.33. The number of nitrogens with two attached hydrogens (primary N) is 1. The first kappa shape index (κ1) is 9.94. The highest BCUT2D eigenvalue weighted by Crippen LogP contribution is 2.23. The van der Waals surface area contributed by atoms with Crippen molar-refractivity contribution in [2.75, 3.05) is 5.43 Å². The Morgan fingerprint density at radius 3 is 2.69 bits per heavy atom. The zero-order chi connectivity index (χ0) is 10.0. The molecule has 0 radical (unpaired) electrons. The molecule has 1 aromatic rings. The average Bonchev–Trinajstić information content (AvgIpc) is 2.08. The maximum absolute atomic E-state index is 12.9. The highest BCUT2D eigenvalue weighted by atomic mass is 79.9. The molecular formula is C7H6BrFN2O2. The van der Waals surface area contributed by atoms with Crippen molar-refractivity contribution in [3.63, 3.8) is 0 Å². The first-order chi connectivity index (χ1) is 6.06. The van der Waals surface area contributed by atoms with Gasteiger partial charge in [-0.2, -0.15) is 0 Å². The number of benzene rings is 1. The molecule has 0 aliphatic rings. The summed E-state index contributed by atoms with van der Waals surface area (Å²) in [5, 5.41) is 8.67. The number of aromatic carboxylic acids is 1. The Kier molecular flexibility index (Phi) is 2.84. The summed E-state index contributed by atoms with van der Waals surface area (Å²) >= 11 is 2.87. The number of carboxylic acid groups (broad SMARTS) is 1. The van der Waals surface area contributed by atoms with Crippen molar-refractivity contribution in [3.8, 4) is 0 Å². The summed E-state index contributed by atoms with van der Waals surface area (Å²) in [6, 6.07) is 2.15. The van der Waals surface area contributed by atoms with Gasteiger partial charge in [0.2, 0.25) is 0 Å². The van der Waals surface area contributed by atoms with Crippen molar-refractivity contribution in [1.29, 1.82) is 0 Å². The minimum Gasteiger partial charge on any atom is -0.478 e. The number of carbonyl (C=O) groups is 1. The SMILES string of the molecule is NNc1cc(F)c(Br)cc1C(=O)O. The maximum Gasteiger partial charge on any atom is 0.337 e. The second-order valence-electron chi connectivity index (χ2n) is 2.26. The van der Waals surface area contributed by atoms with Crippen LogP contribution in [0.15, 0.2) is 16.6 Å². The first-order valence-electron chi connectivity index (χ1n) is 3.25. The van der Waals surface area contributed by atoms with Crippen molar-refractivity contribution in [3.05, 3.63) is 28.0 Å². The third kappa shape index (κ3) is 1.96. The van der Waals surface area contributed by atoms with Gasteiger partial charge < -0.3 is 10.5 Å². The van der Waals surface area contributed by atoms with Crippen LogP contribution < -0.4 is 11.3 Å². The predicted octanol–water partition coefficient (Wildman–Crippen LogP) is 1.57. The maximum atomic E-state index is 12.9. The second kappa shape index (κ2) is 3.71. The van der Waals surface area contributed by atoms with Crippen molar-refractivity contribution >= 4 is 27.6 Å². The molecule has 4 nitrogen and oxygen atoms in total. The summed E-state index contributed by atoms with van der Waals surface area (Å²) in [6.45, 7) is 0. The Labute approximate surface area is 81.6 Å². The number of nitrogens with one attached hydrogen (secondary N) is 1. The van der Waals surface area contributed by atoms with Gasteiger partial charge in [0.1, 0.15) is 5.82 Å². The van der Waals surface area contributed by atoms with E-state index in [-0.39, 0.29) is 15.7 Å². The van der Waals surface area contributed by atoms with Crippen molar-refractivity contribution < 1.29 is 14.3 Å². The smallest absolute Gasteiger partial charge is 0.337 e. The van der Waals surface area contributed by atoms with E-state index in [1.54, 1.807) is 0 Å². The number of anilines is 1. The molecule has 0 fully saturated rings. The lowest BCUT2D eigenvalue weighted by molar-refractivity contribution is 0.0698. The summed E-state index contributed by atoms with van der Waals surface area (Å²) in [5.74, 6) is 3.27. The minimum absolute atomic E-state index is 0.0354. The topological polar surface area (TPSA) is 75.3 Å². The largest absolute Gasteiger partial charge is 0.478 e. The summed E-state index contributed by atoms with van der Waals surface area (Å²) in [6.07, 6.45) is 0. The van der Waals surface area contributed by atoms with Gasteiger partial charge in [0.15, 0.2) is 0 Å². The van der Waals surface area contributed by atoms with Crippen LogP contribution in [0.25, 0.3) is 0 Å². The molecule has 1 rings (SSSR count). The van der Waals surface area contributed by atoms with Gasteiger partial charge in [0.25, 0.3) is 0 Å². The standard InChI is InChI=1S/C7H6BrFN2O2/c8-4-1-3(7(12)13)6(11-10)2-5(4)9/h1-2,11H,10H2,(H,12,13). The minimum atomic E-state index is -1.17.